The van der Waals surface area contributed by atoms with E-state index in [1.807, 2.05) is 0 Å². The summed E-state index contributed by atoms with van der Waals surface area (Å²) >= 11 is 0. The molecule has 0 aliphatic rings. The molecule has 1 atom stereocenters. The normalized spacial score (nSPS) is 12.5. The van der Waals surface area contributed by atoms with Gasteiger partial charge in [-0.25, -0.2) is 4.98 Å². The molecule has 1 aromatic heterocycles. The fraction of sp³-hybridized carbons (Fsp3) is 0.462. The molecule has 2 N–H and O–H groups in total. The fourth-order valence-corrected chi connectivity index (χ4v) is 2.12. The number of imidazole rings is 1. The van der Waals surface area contributed by atoms with Crippen LogP contribution in [0.15, 0.2) is 18.2 Å². The van der Waals surface area contributed by atoms with Gasteiger partial charge in [0.2, 0.25) is 5.95 Å². The maximum absolute atomic E-state index is 10.7. The Morgan fingerprint density at radius 2 is 2.35 bits per heavy atom. The van der Waals surface area contributed by atoms with Crippen molar-refractivity contribution in [1.82, 2.24) is 9.97 Å². The van der Waals surface area contributed by atoms with Crippen LogP contribution in [0.1, 0.15) is 19.8 Å². The molecule has 1 heterocycles. The third kappa shape index (κ3) is 3.24. The molecule has 2 aromatic rings. The van der Waals surface area contributed by atoms with Crippen molar-refractivity contribution in [2.45, 2.75) is 25.8 Å². The smallest absolute Gasteiger partial charge is 0.271 e. The van der Waals surface area contributed by atoms with Crippen molar-refractivity contribution >= 4 is 22.7 Å². The van der Waals surface area contributed by atoms with Gasteiger partial charge in [-0.15, -0.1) is 0 Å². The van der Waals surface area contributed by atoms with Crippen molar-refractivity contribution in [2.75, 3.05) is 19.0 Å². The lowest BCUT2D eigenvalue weighted by Crippen LogP contribution is -2.25. The van der Waals surface area contributed by atoms with E-state index >= 15 is 0 Å². The van der Waals surface area contributed by atoms with E-state index in [9.17, 15) is 10.1 Å². The summed E-state index contributed by atoms with van der Waals surface area (Å²) in [6.07, 6.45) is 2.00. The minimum Gasteiger partial charge on any atom is -0.383 e. The highest BCUT2D eigenvalue weighted by atomic mass is 16.6. The average Bonchev–Trinajstić information content (AvgIpc) is 2.80. The predicted molar refractivity (Wildman–Crippen MR) is 76.9 cm³/mol. The van der Waals surface area contributed by atoms with Crippen LogP contribution < -0.4 is 5.32 Å². The first-order valence-electron chi connectivity index (χ1n) is 6.53. The number of nitrogens with zero attached hydrogens (tertiary/aromatic N) is 2. The van der Waals surface area contributed by atoms with E-state index in [4.69, 9.17) is 4.74 Å². The predicted octanol–water partition coefficient (Wildman–Crippen LogP) is 2.70. The molecule has 0 radical (unpaired) electrons. The van der Waals surface area contributed by atoms with Crippen LogP contribution in [0.3, 0.4) is 0 Å². The monoisotopic (exact) mass is 278 g/mol. The summed E-state index contributed by atoms with van der Waals surface area (Å²) in [7, 11) is 1.66. The number of hydrogen-bond acceptors (Lipinski definition) is 5. The summed E-state index contributed by atoms with van der Waals surface area (Å²) in [5, 5.41) is 14.0. The number of aromatic nitrogens is 2. The zero-order valence-electron chi connectivity index (χ0n) is 11.5. The first kappa shape index (κ1) is 14.3. The van der Waals surface area contributed by atoms with E-state index < -0.39 is 4.92 Å². The number of anilines is 1. The van der Waals surface area contributed by atoms with Gasteiger partial charge in [-0.2, -0.15) is 0 Å². The van der Waals surface area contributed by atoms with Gasteiger partial charge >= 0.3 is 0 Å². The van der Waals surface area contributed by atoms with Gasteiger partial charge in [0.05, 0.1) is 28.6 Å². The maximum Gasteiger partial charge on any atom is 0.271 e. The zero-order valence-corrected chi connectivity index (χ0v) is 11.5. The number of nitro benzene ring substituents is 1. The van der Waals surface area contributed by atoms with Gasteiger partial charge in [-0.05, 0) is 12.5 Å². The van der Waals surface area contributed by atoms with Crippen LogP contribution in [0.4, 0.5) is 11.6 Å². The summed E-state index contributed by atoms with van der Waals surface area (Å²) in [4.78, 5) is 17.7. The Morgan fingerprint density at radius 1 is 1.55 bits per heavy atom. The second-order valence-corrected chi connectivity index (χ2v) is 4.63. The van der Waals surface area contributed by atoms with Crippen molar-refractivity contribution in [3.05, 3.63) is 28.3 Å². The Balaban J connectivity index is 2.20. The van der Waals surface area contributed by atoms with Crippen molar-refractivity contribution in [3.8, 4) is 0 Å². The van der Waals surface area contributed by atoms with Gasteiger partial charge in [0.15, 0.2) is 0 Å². The molecule has 20 heavy (non-hydrogen) atoms. The fourth-order valence-electron chi connectivity index (χ4n) is 2.12. The van der Waals surface area contributed by atoms with Crippen LogP contribution in [0.25, 0.3) is 11.0 Å². The number of ether oxygens (including phenoxy) is 1. The lowest BCUT2D eigenvalue weighted by atomic mass is 10.2. The van der Waals surface area contributed by atoms with Gasteiger partial charge in [0.25, 0.3) is 5.69 Å². The molecule has 108 valence electrons. The van der Waals surface area contributed by atoms with E-state index in [2.05, 4.69) is 22.2 Å². The number of methoxy groups -OCH3 is 1. The van der Waals surface area contributed by atoms with Crippen LogP contribution in [0.5, 0.6) is 0 Å². The molecule has 0 spiro atoms. The maximum atomic E-state index is 10.7. The highest BCUT2D eigenvalue weighted by Gasteiger charge is 2.12. The zero-order chi connectivity index (χ0) is 14.5. The molecule has 0 aliphatic heterocycles. The van der Waals surface area contributed by atoms with Crippen LogP contribution >= 0.6 is 0 Å². The number of non-ortho nitro benzene ring substituents is 1. The average molecular weight is 278 g/mol. The largest absolute Gasteiger partial charge is 0.383 e. The molecule has 0 fully saturated rings. The Kier molecular flexibility index (Phi) is 4.52. The summed E-state index contributed by atoms with van der Waals surface area (Å²) in [5.41, 5.74) is 1.40. The molecule has 0 aliphatic carbocycles. The first-order chi connectivity index (χ1) is 9.63. The van der Waals surface area contributed by atoms with Gasteiger partial charge in [0, 0.05) is 19.2 Å². The lowest BCUT2D eigenvalue weighted by Gasteiger charge is -2.16. The molecule has 1 aromatic carbocycles. The van der Waals surface area contributed by atoms with Crippen molar-refractivity contribution in [1.29, 1.82) is 0 Å². The minimum atomic E-state index is -0.418. The van der Waals surface area contributed by atoms with Gasteiger partial charge < -0.3 is 15.0 Å². The number of hydrogen-bond donors (Lipinski definition) is 2. The number of rotatable bonds is 7. The highest BCUT2D eigenvalue weighted by molar-refractivity contribution is 5.79. The van der Waals surface area contributed by atoms with Crippen LogP contribution in [0, 0.1) is 10.1 Å². The molecule has 7 heteroatoms. The SMILES string of the molecule is CCCC(COC)Nc1nc2ccc([N+](=O)[O-])cc2[nH]1. The Bertz CT molecular complexity index is 590. The summed E-state index contributed by atoms with van der Waals surface area (Å²) in [6, 6.07) is 4.74. The molecule has 2 rings (SSSR count). The third-order valence-corrected chi connectivity index (χ3v) is 3.02. The molecule has 0 saturated heterocycles. The number of H-pyrrole nitrogens is 1. The summed E-state index contributed by atoms with van der Waals surface area (Å²) < 4.78 is 5.16. The lowest BCUT2D eigenvalue weighted by molar-refractivity contribution is -0.384. The molecule has 0 bridgehead atoms. The second kappa shape index (κ2) is 6.33. The van der Waals surface area contributed by atoms with Gasteiger partial charge in [-0.3, -0.25) is 10.1 Å². The number of fused-ring (bicyclic) bond motifs is 1. The van der Waals surface area contributed by atoms with Crippen LogP contribution in [-0.4, -0.2) is 34.6 Å². The quantitative estimate of drug-likeness (QED) is 0.600. The molecular weight excluding hydrogens is 260 g/mol. The molecular formula is C13H18N4O3. The standard InChI is InChI=1S/C13H18N4O3/c1-3-4-9(8-20-2)14-13-15-11-6-5-10(17(18)19)7-12(11)16-13/h5-7,9H,3-4,8H2,1-2H3,(H2,14,15,16). The number of nitrogens with one attached hydrogen (secondary N) is 2. The first-order valence-corrected chi connectivity index (χ1v) is 6.53. The van der Waals surface area contributed by atoms with E-state index in [0.717, 1.165) is 12.8 Å². The van der Waals surface area contributed by atoms with E-state index in [-0.39, 0.29) is 11.7 Å². The van der Waals surface area contributed by atoms with Gasteiger partial charge in [-0.1, -0.05) is 13.3 Å². The molecule has 0 saturated carbocycles. The summed E-state index contributed by atoms with van der Waals surface area (Å²) in [6.45, 7) is 2.69. The van der Waals surface area contributed by atoms with Gasteiger partial charge in [0.1, 0.15) is 0 Å². The second-order valence-electron chi connectivity index (χ2n) is 4.63. The molecule has 0 amide bonds. The molecule has 7 nitrogen and oxygen atoms in total. The summed E-state index contributed by atoms with van der Waals surface area (Å²) in [5.74, 6) is 0.607. The molecule has 1 unspecified atom stereocenters. The topological polar surface area (TPSA) is 93.1 Å². The van der Waals surface area contributed by atoms with E-state index in [0.29, 0.717) is 23.6 Å². The third-order valence-electron chi connectivity index (χ3n) is 3.02. The highest BCUT2D eigenvalue weighted by Crippen LogP contribution is 2.21. The van der Waals surface area contributed by atoms with Crippen molar-refractivity contribution in [3.63, 3.8) is 0 Å². The number of aromatic amines is 1. The minimum absolute atomic E-state index is 0.0506. The van der Waals surface area contributed by atoms with Crippen LogP contribution in [-0.2, 0) is 4.74 Å². The van der Waals surface area contributed by atoms with E-state index in [1.165, 1.54) is 12.1 Å². The van der Waals surface area contributed by atoms with E-state index in [1.54, 1.807) is 13.2 Å². The number of nitro groups is 1. The Morgan fingerprint density at radius 3 is 3.00 bits per heavy atom. The van der Waals surface area contributed by atoms with Crippen molar-refractivity contribution in [2.24, 2.45) is 0 Å². The Labute approximate surface area is 116 Å². The van der Waals surface area contributed by atoms with Crippen molar-refractivity contribution < 1.29 is 9.66 Å². The van der Waals surface area contributed by atoms with Crippen LogP contribution in [0.2, 0.25) is 0 Å². The number of benzene rings is 1. The Hall–Kier alpha value is -2.15.